The van der Waals surface area contributed by atoms with Gasteiger partial charge in [-0.2, -0.15) is 0 Å². The summed E-state index contributed by atoms with van der Waals surface area (Å²) >= 11 is 2.70. The van der Waals surface area contributed by atoms with E-state index in [1.807, 2.05) is 0 Å². The maximum atomic E-state index is 11.5. The zero-order valence-corrected chi connectivity index (χ0v) is 11.4. The number of thiazole rings is 1. The molecule has 0 saturated carbocycles. The van der Waals surface area contributed by atoms with Crippen LogP contribution in [0.1, 0.15) is 6.42 Å². The van der Waals surface area contributed by atoms with E-state index in [2.05, 4.69) is 4.98 Å². The molecule has 0 unspecified atom stereocenters. The van der Waals surface area contributed by atoms with Crippen molar-refractivity contribution >= 4 is 44.0 Å². The van der Waals surface area contributed by atoms with Gasteiger partial charge >= 0.3 is 0 Å². The molecule has 9 heteroatoms. The highest BCUT2D eigenvalue weighted by Gasteiger charge is 2.12. The van der Waals surface area contributed by atoms with Gasteiger partial charge in [0.2, 0.25) is 5.91 Å². The Bertz CT molecular complexity index is 483. The zero-order valence-electron chi connectivity index (χ0n) is 8.96. The molecule has 0 spiro atoms. The lowest BCUT2D eigenvalue weighted by Gasteiger charge is -2.01. The molecule has 0 atom stereocenters. The number of nitrogen functional groups attached to an aromatic ring is 1. The number of carbonyl (C=O) groups excluding carboxylic acids is 1. The molecule has 0 aliphatic heterocycles. The molecule has 0 saturated heterocycles. The number of anilines is 1. The van der Waals surface area contributed by atoms with Gasteiger partial charge in [0, 0.05) is 12.2 Å². The Labute approximate surface area is 108 Å². The van der Waals surface area contributed by atoms with Crippen LogP contribution in [0.5, 0.6) is 0 Å². The Kier molecular flexibility index (Phi) is 5.22. The predicted octanol–water partition coefficient (Wildman–Crippen LogP) is 0.108. The number of hydrogen-bond donors (Lipinski definition) is 2. The molecule has 1 heterocycles. The largest absolute Gasteiger partial charge is 0.375 e. The second-order valence-electron chi connectivity index (χ2n) is 3.23. The van der Waals surface area contributed by atoms with Crippen LogP contribution in [0.3, 0.4) is 0 Å². The van der Waals surface area contributed by atoms with E-state index in [-0.39, 0.29) is 17.9 Å². The van der Waals surface area contributed by atoms with Gasteiger partial charge in [0.1, 0.15) is 0 Å². The van der Waals surface area contributed by atoms with Crippen molar-refractivity contribution in [1.29, 1.82) is 0 Å². The Morgan fingerprint density at radius 2 is 2.18 bits per heavy atom. The lowest BCUT2D eigenvalue weighted by molar-refractivity contribution is -0.117. The van der Waals surface area contributed by atoms with E-state index in [0.717, 1.165) is 4.21 Å². The highest BCUT2D eigenvalue weighted by atomic mass is 32.2. The number of nitrogens with zero attached hydrogens (tertiary/aromatic N) is 1. The number of amides is 1. The molecule has 0 bridgehead atoms. The quantitative estimate of drug-likeness (QED) is 0.689. The van der Waals surface area contributed by atoms with E-state index in [9.17, 15) is 13.2 Å². The molecule has 17 heavy (non-hydrogen) atoms. The Morgan fingerprint density at radius 3 is 2.71 bits per heavy atom. The third kappa shape index (κ3) is 5.89. The Hall–Kier alpha value is -0.800. The highest BCUT2D eigenvalue weighted by molar-refractivity contribution is 8.02. The van der Waals surface area contributed by atoms with Crippen molar-refractivity contribution in [2.45, 2.75) is 10.6 Å². The van der Waals surface area contributed by atoms with Gasteiger partial charge in [-0.25, -0.2) is 13.4 Å². The van der Waals surface area contributed by atoms with E-state index < -0.39 is 15.7 Å². The van der Waals surface area contributed by atoms with Crippen molar-refractivity contribution in [2.75, 3.05) is 23.0 Å². The third-order valence-electron chi connectivity index (χ3n) is 1.80. The molecule has 0 fully saturated rings. The number of aromatic nitrogens is 1. The number of hydrogen-bond acceptors (Lipinski definition) is 7. The molecule has 0 aliphatic carbocycles. The van der Waals surface area contributed by atoms with Gasteiger partial charge in [-0.05, 0) is 0 Å². The summed E-state index contributed by atoms with van der Waals surface area (Å²) in [6.45, 7) is 0. The SMILES string of the molecule is NC(=O)CCS(=O)(=O)CCSc1cnc(N)s1. The first kappa shape index (κ1) is 14.3. The van der Waals surface area contributed by atoms with Gasteiger partial charge in [-0.15, -0.1) is 11.8 Å². The van der Waals surface area contributed by atoms with E-state index >= 15 is 0 Å². The summed E-state index contributed by atoms with van der Waals surface area (Å²) in [5, 5.41) is 0.462. The van der Waals surface area contributed by atoms with Gasteiger partial charge < -0.3 is 11.5 Å². The fourth-order valence-electron chi connectivity index (χ4n) is 0.966. The van der Waals surface area contributed by atoms with Gasteiger partial charge in [-0.1, -0.05) is 11.3 Å². The first-order valence-corrected chi connectivity index (χ1v) is 8.34. The Morgan fingerprint density at radius 1 is 1.47 bits per heavy atom. The molecular weight excluding hydrogens is 282 g/mol. The molecule has 0 aromatic carbocycles. The number of nitrogens with two attached hydrogens (primary N) is 2. The third-order valence-corrected chi connectivity index (χ3v) is 5.73. The van der Waals surface area contributed by atoms with E-state index in [0.29, 0.717) is 10.9 Å². The summed E-state index contributed by atoms with van der Waals surface area (Å²) in [5.41, 5.74) is 10.3. The van der Waals surface area contributed by atoms with Gasteiger partial charge in [0.05, 0.1) is 21.9 Å². The summed E-state index contributed by atoms with van der Waals surface area (Å²) < 4.78 is 23.8. The summed E-state index contributed by atoms with van der Waals surface area (Å²) in [7, 11) is -3.21. The number of rotatable bonds is 7. The van der Waals surface area contributed by atoms with E-state index in [1.165, 1.54) is 23.1 Å². The van der Waals surface area contributed by atoms with Crippen LogP contribution < -0.4 is 11.5 Å². The topological polar surface area (TPSA) is 116 Å². The van der Waals surface area contributed by atoms with Crippen molar-refractivity contribution in [3.05, 3.63) is 6.20 Å². The molecule has 1 aromatic heterocycles. The van der Waals surface area contributed by atoms with Gasteiger partial charge in [-0.3, -0.25) is 4.79 Å². The van der Waals surface area contributed by atoms with Crippen molar-refractivity contribution in [2.24, 2.45) is 5.73 Å². The molecule has 1 rings (SSSR count). The van der Waals surface area contributed by atoms with Gasteiger partial charge in [0.15, 0.2) is 15.0 Å². The average Bonchev–Trinajstić information content (AvgIpc) is 2.61. The van der Waals surface area contributed by atoms with E-state index in [1.54, 1.807) is 6.20 Å². The smallest absolute Gasteiger partial charge is 0.218 e. The minimum Gasteiger partial charge on any atom is -0.375 e. The monoisotopic (exact) mass is 295 g/mol. The van der Waals surface area contributed by atoms with Crippen molar-refractivity contribution in [1.82, 2.24) is 4.98 Å². The van der Waals surface area contributed by atoms with Gasteiger partial charge in [0.25, 0.3) is 0 Å². The van der Waals surface area contributed by atoms with Crippen molar-refractivity contribution in [3.63, 3.8) is 0 Å². The van der Waals surface area contributed by atoms with Crippen LogP contribution in [0.2, 0.25) is 0 Å². The second kappa shape index (κ2) is 6.22. The summed E-state index contributed by atoms with van der Waals surface area (Å²) in [4.78, 5) is 14.3. The highest BCUT2D eigenvalue weighted by Crippen LogP contribution is 2.26. The standard InChI is InChI=1S/C8H13N3O3S3/c9-6(12)1-3-17(13,14)4-2-15-7-5-11-8(10)16-7/h5H,1-4H2,(H2,9,12)(H2,10,11). The van der Waals surface area contributed by atoms with Crippen LogP contribution in [0.25, 0.3) is 0 Å². The van der Waals surface area contributed by atoms with Crippen molar-refractivity contribution < 1.29 is 13.2 Å². The van der Waals surface area contributed by atoms with Crippen LogP contribution in [-0.2, 0) is 14.6 Å². The predicted molar refractivity (Wildman–Crippen MR) is 69.7 cm³/mol. The molecule has 1 amide bonds. The first-order chi connectivity index (χ1) is 7.89. The zero-order chi connectivity index (χ0) is 12.9. The molecular formula is C8H13N3O3S3. The Balaban J connectivity index is 2.32. The lowest BCUT2D eigenvalue weighted by atomic mass is 10.5. The molecule has 1 aromatic rings. The van der Waals surface area contributed by atoms with E-state index in [4.69, 9.17) is 11.5 Å². The maximum Gasteiger partial charge on any atom is 0.218 e. The lowest BCUT2D eigenvalue weighted by Crippen LogP contribution is -2.19. The molecule has 0 aliphatic rings. The van der Waals surface area contributed by atoms with Crippen LogP contribution >= 0.6 is 23.1 Å². The molecule has 6 nitrogen and oxygen atoms in total. The molecule has 4 N–H and O–H groups in total. The summed E-state index contributed by atoms with van der Waals surface area (Å²) in [5.74, 6) is -0.351. The van der Waals surface area contributed by atoms with Crippen LogP contribution in [0, 0.1) is 0 Å². The number of sulfone groups is 1. The van der Waals surface area contributed by atoms with Crippen LogP contribution in [-0.4, -0.2) is 36.6 Å². The summed E-state index contributed by atoms with van der Waals surface area (Å²) in [6.07, 6.45) is 1.49. The minimum atomic E-state index is -3.21. The normalized spacial score (nSPS) is 11.5. The maximum absolute atomic E-state index is 11.5. The first-order valence-electron chi connectivity index (χ1n) is 4.72. The van der Waals surface area contributed by atoms with Crippen molar-refractivity contribution in [3.8, 4) is 0 Å². The fourth-order valence-corrected chi connectivity index (χ4v) is 4.52. The fraction of sp³-hybridized carbons (Fsp3) is 0.500. The summed E-state index contributed by atoms with van der Waals surface area (Å²) in [6, 6.07) is 0. The number of carbonyl (C=O) groups is 1. The van der Waals surface area contributed by atoms with Crippen LogP contribution in [0.4, 0.5) is 5.13 Å². The van der Waals surface area contributed by atoms with Crippen LogP contribution in [0.15, 0.2) is 10.4 Å². The number of thioether (sulfide) groups is 1. The number of primary amides is 1. The molecule has 0 radical (unpaired) electrons. The second-order valence-corrected chi connectivity index (χ2v) is 8.00. The minimum absolute atomic E-state index is 0.0166. The molecule has 96 valence electrons. The average molecular weight is 295 g/mol.